The number of nitrogens with zero attached hydrogens (tertiary/aromatic N) is 1. The Morgan fingerprint density at radius 1 is 1.42 bits per heavy atom. The van der Waals surface area contributed by atoms with Crippen molar-refractivity contribution in [2.24, 2.45) is 5.92 Å². The molecule has 1 fully saturated rings. The number of hydrogen-bond donors (Lipinski definition) is 1. The molecule has 1 aromatic carbocycles. The molecule has 0 bridgehead atoms. The van der Waals surface area contributed by atoms with E-state index in [4.69, 9.17) is 10.5 Å². The molecule has 0 atom stereocenters. The van der Waals surface area contributed by atoms with Crippen LogP contribution in [0.1, 0.15) is 26.2 Å². The van der Waals surface area contributed by atoms with E-state index in [1.807, 2.05) is 17.0 Å². The van der Waals surface area contributed by atoms with E-state index in [9.17, 15) is 4.79 Å². The van der Waals surface area contributed by atoms with E-state index in [-0.39, 0.29) is 12.5 Å². The minimum atomic E-state index is 0.0666. The van der Waals surface area contributed by atoms with Crippen LogP contribution >= 0.6 is 0 Å². The third kappa shape index (κ3) is 3.88. The largest absolute Gasteiger partial charge is 0.484 e. The van der Waals surface area contributed by atoms with Crippen molar-refractivity contribution in [2.45, 2.75) is 26.2 Å². The number of likely N-dealkylation sites (tertiary alicyclic amines) is 1. The number of benzene rings is 1. The van der Waals surface area contributed by atoms with E-state index in [0.717, 1.165) is 31.8 Å². The number of nitrogen functional groups attached to an aromatic ring is 1. The highest BCUT2D eigenvalue weighted by Gasteiger charge is 2.21. The molecule has 0 unspecified atom stereocenters. The van der Waals surface area contributed by atoms with Gasteiger partial charge < -0.3 is 15.4 Å². The van der Waals surface area contributed by atoms with Gasteiger partial charge in [-0.3, -0.25) is 4.79 Å². The highest BCUT2D eigenvalue weighted by molar-refractivity contribution is 5.77. The first kappa shape index (κ1) is 13.7. The van der Waals surface area contributed by atoms with Gasteiger partial charge in [0, 0.05) is 24.8 Å². The summed E-state index contributed by atoms with van der Waals surface area (Å²) < 4.78 is 5.48. The Labute approximate surface area is 114 Å². The van der Waals surface area contributed by atoms with Crippen molar-refractivity contribution in [3.8, 4) is 5.75 Å². The van der Waals surface area contributed by atoms with Crippen LogP contribution in [0, 0.1) is 5.92 Å². The maximum Gasteiger partial charge on any atom is 0.260 e. The first-order valence-corrected chi connectivity index (χ1v) is 6.95. The summed E-state index contributed by atoms with van der Waals surface area (Å²) in [5, 5.41) is 0. The Kier molecular flexibility index (Phi) is 4.66. The minimum Gasteiger partial charge on any atom is -0.484 e. The Hall–Kier alpha value is -1.71. The first-order valence-electron chi connectivity index (χ1n) is 6.95. The van der Waals surface area contributed by atoms with Crippen molar-refractivity contribution in [3.05, 3.63) is 24.3 Å². The highest BCUT2D eigenvalue weighted by atomic mass is 16.5. The van der Waals surface area contributed by atoms with E-state index >= 15 is 0 Å². The van der Waals surface area contributed by atoms with E-state index < -0.39 is 0 Å². The van der Waals surface area contributed by atoms with Gasteiger partial charge in [-0.1, -0.05) is 19.4 Å². The second-order valence-electron chi connectivity index (χ2n) is 5.09. The predicted molar refractivity (Wildman–Crippen MR) is 75.9 cm³/mol. The van der Waals surface area contributed by atoms with Crippen LogP contribution in [0.4, 0.5) is 5.69 Å². The predicted octanol–water partition coefficient (Wildman–Crippen LogP) is 2.30. The minimum absolute atomic E-state index is 0.0666. The van der Waals surface area contributed by atoms with E-state index in [0.29, 0.717) is 11.4 Å². The van der Waals surface area contributed by atoms with Gasteiger partial charge in [0.25, 0.3) is 5.91 Å². The number of carbonyl (C=O) groups excluding carboxylic acids is 1. The molecule has 19 heavy (non-hydrogen) atoms. The van der Waals surface area contributed by atoms with Gasteiger partial charge in [0.2, 0.25) is 0 Å². The smallest absolute Gasteiger partial charge is 0.260 e. The molecule has 0 radical (unpaired) electrons. The zero-order chi connectivity index (χ0) is 13.7. The van der Waals surface area contributed by atoms with Crippen LogP contribution < -0.4 is 10.5 Å². The quantitative estimate of drug-likeness (QED) is 0.847. The van der Waals surface area contributed by atoms with Crippen molar-refractivity contribution in [1.29, 1.82) is 0 Å². The van der Waals surface area contributed by atoms with Crippen molar-refractivity contribution in [1.82, 2.24) is 4.90 Å². The Balaban J connectivity index is 1.79. The van der Waals surface area contributed by atoms with Crippen molar-refractivity contribution in [3.63, 3.8) is 0 Å². The molecule has 1 aliphatic rings. The molecular weight excluding hydrogens is 240 g/mol. The lowest BCUT2D eigenvalue weighted by molar-refractivity contribution is -0.134. The molecule has 2 rings (SSSR count). The van der Waals surface area contributed by atoms with Gasteiger partial charge in [0.15, 0.2) is 6.61 Å². The molecule has 2 N–H and O–H groups in total. The SMILES string of the molecule is CCC1CCN(C(=O)COc2cccc(N)c2)CC1. The monoisotopic (exact) mass is 262 g/mol. The van der Waals surface area contributed by atoms with Crippen molar-refractivity contribution >= 4 is 11.6 Å². The zero-order valence-corrected chi connectivity index (χ0v) is 11.5. The summed E-state index contributed by atoms with van der Waals surface area (Å²) in [4.78, 5) is 13.9. The van der Waals surface area contributed by atoms with Crippen LogP contribution in [-0.4, -0.2) is 30.5 Å². The fourth-order valence-corrected chi connectivity index (χ4v) is 2.43. The summed E-state index contributed by atoms with van der Waals surface area (Å²) in [6, 6.07) is 7.16. The molecule has 1 aromatic rings. The molecule has 0 aromatic heterocycles. The number of anilines is 1. The third-order valence-corrected chi connectivity index (χ3v) is 3.76. The van der Waals surface area contributed by atoms with Gasteiger partial charge in [-0.05, 0) is 30.9 Å². The van der Waals surface area contributed by atoms with Gasteiger partial charge >= 0.3 is 0 Å². The lowest BCUT2D eigenvalue weighted by Crippen LogP contribution is -2.40. The van der Waals surface area contributed by atoms with Crippen molar-refractivity contribution < 1.29 is 9.53 Å². The highest BCUT2D eigenvalue weighted by Crippen LogP contribution is 2.20. The van der Waals surface area contributed by atoms with Crippen LogP contribution in [-0.2, 0) is 4.79 Å². The molecule has 4 nitrogen and oxygen atoms in total. The maximum absolute atomic E-state index is 12.0. The number of carbonyl (C=O) groups is 1. The Morgan fingerprint density at radius 3 is 2.79 bits per heavy atom. The zero-order valence-electron chi connectivity index (χ0n) is 11.5. The van der Waals surface area contributed by atoms with Gasteiger partial charge in [-0.25, -0.2) is 0 Å². The fraction of sp³-hybridized carbons (Fsp3) is 0.533. The van der Waals surface area contributed by atoms with E-state index in [1.54, 1.807) is 12.1 Å². The van der Waals surface area contributed by atoms with Gasteiger partial charge in [-0.2, -0.15) is 0 Å². The topological polar surface area (TPSA) is 55.6 Å². The molecule has 1 amide bonds. The molecule has 1 aliphatic heterocycles. The Bertz CT molecular complexity index is 426. The van der Waals surface area contributed by atoms with Crippen LogP contribution in [0.15, 0.2) is 24.3 Å². The second kappa shape index (κ2) is 6.45. The number of nitrogens with two attached hydrogens (primary N) is 1. The molecule has 0 spiro atoms. The molecular formula is C15H22N2O2. The molecule has 0 saturated carbocycles. The van der Waals surface area contributed by atoms with Crippen LogP contribution in [0.2, 0.25) is 0 Å². The average molecular weight is 262 g/mol. The molecule has 1 heterocycles. The number of piperidine rings is 1. The van der Waals surface area contributed by atoms with Gasteiger partial charge in [-0.15, -0.1) is 0 Å². The molecule has 0 aliphatic carbocycles. The lowest BCUT2D eigenvalue weighted by Gasteiger charge is -2.31. The number of ether oxygens (including phenoxy) is 1. The standard InChI is InChI=1S/C15H22N2O2/c1-2-12-6-8-17(9-7-12)15(18)11-19-14-5-3-4-13(16)10-14/h3-5,10,12H,2,6-9,11,16H2,1H3. The number of rotatable bonds is 4. The maximum atomic E-state index is 12.0. The van der Waals surface area contributed by atoms with Crippen molar-refractivity contribution in [2.75, 3.05) is 25.4 Å². The summed E-state index contributed by atoms with van der Waals surface area (Å²) in [6.45, 7) is 4.03. The van der Waals surface area contributed by atoms with Crippen LogP contribution in [0.3, 0.4) is 0 Å². The number of amides is 1. The van der Waals surface area contributed by atoms with Crippen LogP contribution in [0.5, 0.6) is 5.75 Å². The summed E-state index contributed by atoms with van der Waals surface area (Å²) in [7, 11) is 0. The molecule has 1 saturated heterocycles. The summed E-state index contributed by atoms with van der Waals surface area (Å²) in [5.74, 6) is 1.49. The van der Waals surface area contributed by atoms with Gasteiger partial charge in [0.05, 0.1) is 0 Å². The average Bonchev–Trinajstić information content (AvgIpc) is 2.45. The first-order chi connectivity index (χ1) is 9.19. The normalized spacial score (nSPS) is 16.4. The lowest BCUT2D eigenvalue weighted by atomic mass is 9.94. The van der Waals surface area contributed by atoms with E-state index in [2.05, 4.69) is 6.92 Å². The number of hydrogen-bond acceptors (Lipinski definition) is 3. The Morgan fingerprint density at radius 2 is 2.16 bits per heavy atom. The summed E-state index contributed by atoms with van der Waals surface area (Å²) >= 11 is 0. The molecule has 104 valence electrons. The van der Waals surface area contributed by atoms with E-state index in [1.165, 1.54) is 6.42 Å². The molecule has 4 heteroatoms. The summed E-state index contributed by atoms with van der Waals surface area (Å²) in [5.41, 5.74) is 6.31. The van der Waals surface area contributed by atoms with Gasteiger partial charge in [0.1, 0.15) is 5.75 Å². The summed E-state index contributed by atoms with van der Waals surface area (Å²) in [6.07, 6.45) is 3.43. The second-order valence-corrected chi connectivity index (χ2v) is 5.09. The van der Waals surface area contributed by atoms with Crippen LogP contribution in [0.25, 0.3) is 0 Å². The third-order valence-electron chi connectivity index (χ3n) is 3.76. The fourth-order valence-electron chi connectivity index (χ4n) is 2.43.